The highest BCUT2D eigenvalue weighted by atomic mass is 16.5. The quantitative estimate of drug-likeness (QED) is 0.101. The lowest BCUT2D eigenvalue weighted by atomic mass is 10.1. The lowest BCUT2D eigenvalue weighted by Crippen LogP contribution is -2.30. The highest BCUT2D eigenvalue weighted by molar-refractivity contribution is 5.71. The zero-order valence-corrected chi connectivity index (χ0v) is 30.7. The average Bonchev–Trinajstić information content (AvgIpc) is 3.11. The van der Waals surface area contributed by atoms with Gasteiger partial charge in [-0.2, -0.15) is 0 Å². The van der Waals surface area contributed by atoms with E-state index in [9.17, 15) is 0 Å². The normalized spacial score (nSPS) is 10.8. The molecule has 0 aliphatic heterocycles. The van der Waals surface area contributed by atoms with Crippen LogP contribution >= 0.6 is 0 Å². The van der Waals surface area contributed by atoms with Gasteiger partial charge in [0.25, 0.3) is 0 Å². The summed E-state index contributed by atoms with van der Waals surface area (Å²) in [5.41, 5.74) is 5.61. The molecule has 10 heteroatoms. The molecule has 0 aliphatic rings. The van der Waals surface area contributed by atoms with E-state index in [0.717, 1.165) is 66.5 Å². The Hall–Kier alpha value is -4.86. The summed E-state index contributed by atoms with van der Waals surface area (Å²) in [6, 6.07) is 16.1. The summed E-state index contributed by atoms with van der Waals surface area (Å²) in [7, 11) is 6.52. The van der Waals surface area contributed by atoms with Crippen LogP contribution in [0.4, 0.5) is 11.4 Å². The van der Waals surface area contributed by atoms with Crippen molar-refractivity contribution in [3.8, 4) is 57.0 Å². The predicted octanol–water partition coefficient (Wildman–Crippen LogP) is 8.80. The number of anilines is 2. The first-order chi connectivity index (χ1) is 23.6. The maximum atomic E-state index is 5.96. The van der Waals surface area contributed by atoms with Crippen molar-refractivity contribution >= 4 is 11.4 Å². The van der Waals surface area contributed by atoms with Crippen LogP contribution in [0, 0.1) is 0 Å². The SMILES string of the molecule is C.CCN(CCCN(CC)c1ccc(-c2cc(OC)c(OC(C)C)c(OC)c2)nc1)c1ccc(-c2cc(OC)c(OC(C)C)c(OC)c2)nc1. The zero-order chi connectivity index (χ0) is 35.5. The molecule has 0 N–H and O–H groups in total. The van der Waals surface area contributed by atoms with Crippen molar-refractivity contribution in [2.24, 2.45) is 0 Å². The average molecular weight is 689 g/mol. The number of hydrogen-bond donors (Lipinski definition) is 0. The number of aromatic nitrogens is 2. The van der Waals surface area contributed by atoms with E-state index < -0.39 is 0 Å². The second-order valence-corrected chi connectivity index (χ2v) is 12.1. The fourth-order valence-electron chi connectivity index (χ4n) is 5.64. The molecule has 4 rings (SSSR count). The standard InChI is InChI=1S/C39H52N4O6.CH4/c1-11-42(30-14-16-32(40-24-30)28-20-34(44-7)38(48-26(3)4)35(21-28)45-8)18-13-19-43(12-2)31-15-17-33(41-25-31)29-22-36(46-9)39(49-27(5)6)37(23-29)47-10;/h14-17,20-27H,11-13,18-19H2,1-10H3;1H4. The molecular weight excluding hydrogens is 632 g/mol. The van der Waals surface area contributed by atoms with Crippen molar-refractivity contribution in [3.63, 3.8) is 0 Å². The fraction of sp³-hybridized carbons (Fsp3) is 0.450. The van der Waals surface area contributed by atoms with Crippen molar-refractivity contribution < 1.29 is 28.4 Å². The summed E-state index contributed by atoms with van der Waals surface area (Å²) in [5.74, 6) is 3.63. The van der Waals surface area contributed by atoms with Gasteiger partial charge in [-0.05, 0) is 96.5 Å². The van der Waals surface area contributed by atoms with Crippen molar-refractivity contribution in [1.29, 1.82) is 0 Å². The number of benzene rings is 2. The van der Waals surface area contributed by atoms with Gasteiger partial charge >= 0.3 is 0 Å². The molecule has 272 valence electrons. The van der Waals surface area contributed by atoms with E-state index in [4.69, 9.17) is 38.4 Å². The smallest absolute Gasteiger partial charge is 0.203 e. The molecular formula is C40H56N4O6. The maximum Gasteiger partial charge on any atom is 0.203 e. The molecule has 0 radical (unpaired) electrons. The van der Waals surface area contributed by atoms with Crippen LogP contribution in [0.1, 0.15) is 55.4 Å². The number of ether oxygens (including phenoxy) is 6. The summed E-state index contributed by atoms with van der Waals surface area (Å²) >= 11 is 0. The molecule has 0 amide bonds. The van der Waals surface area contributed by atoms with Crippen molar-refractivity contribution in [2.75, 3.05) is 64.4 Å². The third kappa shape index (κ3) is 9.64. The highest BCUT2D eigenvalue weighted by Crippen LogP contribution is 2.43. The van der Waals surface area contributed by atoms with Crippen LogP contribution < -0.4 is 38.2 Å². The molecule has 0 spiro atoms. The Morgan fingerprint density at radius 3 is 1.14 bits per heavy atom. The van der Waals surface area contributed by atoms with Crippen LogP contribution in [0.2, 0.25) is 0 Å². The molecule has 4 aromatic rings. The molecule has 2 heterocycles. The zero-order valence-electron chi connectivity index (χ0n) is 30.7. The predicted molar refractivity (Wildman–Crippen MR) is 204 cm³/mol. The first kappa shape index (κ1) is 39.6. The Labute approximate surface area is 299 Å². The molecule has 0 saturated carbocycles. The largest absolute Gasteiger partial charge is 0.493 e. The molecule has 2 aromatic carbocycles. The van der Waals surface area contributed by atoms with E-state index in [2.05, 4.69) is 35.8 Å². The van der Waals surface area contributed by atoms with E-state index in [0.29, 0.717) is 34.5 Å². The molecule has 0 bridgehead atoms. The van der Waals surface area contributed by atoms with Crippen molar-refractivity contribution in [2.45, 2.75) is 67.6 Å². The highest BCUT2D eigenvalue weighted by Gasteiger charge is 2.19. The third-order valence-electron chi connectivity index (χ3n) is 8.07. The van der Waals surface area contributed by atoms with Crippen molar-refractivity contribution in [1.82, 2.24) is 9.97 Å². The van der Waals surface area contributed by atoms with Crippen molar-refractivity contribution in [3.05, 3.63) is 60.9 Å². The molecule has 0 atom stereocenters. The van der Waals surface area contributed by atoms with Gasteiger partial charge in [0.1, 0.15) is 0 Å². The van der Waals surface area contributed by atoms with Crippen LogP contribution in [0.5, 0.6) is 34.5 Å². The number of methoxy groups -OCH3 is 4. The van der Waals surface area contributed by atoms with Crippen LogP contribution in [-0.2, 0) is 0 Å². The minimum Gasteiger partial charge on any atom is -0.493 e. The van der Waals surface area contributed by atoms with E-state index in [1.54, 1.807) is 28.4 Å². The Kier molecular flexibility index (Phi) is 14.9. The van der Waals surface area contributed by atoms with E-state index in [-0.39, 0.29) is 19.6 Å². The fourth-order valence-corrected chi connectivity index (χ4v) is 5.64. The van der Waals surface area contributed by atoms with Gasteiger partial charge in [-0.15, -0.1) is 0 Å². The molecule has 0 unspecified atom stereocenters. The van der Waals surface area contributed by atoms with Gasteiger partial charge in [-0.1, -0.05) is 7.43 Å². The van der Waals surface area contributed by atoms with E-state index in [1.807, 2.05) is 76.5 Å². The second-order valence-electron chi connectivity index (χ2n) is 12.1. The maximum absolute atomic E-state index is 5.96. The topological polar surface area (TPSA) is 87.6 Å². The summed E-state index contributed by atoms with van der Waals surface area (Å²) < 4.78 is 34.4. The van der Waals surface area contributed by atoms with E-state index >= 15 is 0 Å². The third-order valence-corrected chi connectivity index (χ3v) is 8.07. The number of hydrogen-bond acceptors (Lipinski definition) is 10. The first-order valence-electron chi connectivity index (χ1n) is 16.9. The minimum absolute atomic E-state index is 0. The van der Waals surface area contributed by atoms with Crippen LogP contribution in [0.3, 0.4) is 0 Å². The Balaban J connectivity index is 0.00000676. The lowest BCUT2D eigenvalue weighted by Gasteiger charge is -2.27. The molecule has 0 fully saturated rings. The summed E-state index contributed by atoms with van der Waals surface area (Å²) in [6.45, 7) is 15.8. The number of rotatable bonds is 18. The number of nitrogens with zero attached hydrogens (tertiary/aromatic N) is 4. The minimum atomic E-state index is -0.0121. The molecule has 2 aromatic heterocycles. The van der Waals surface area contributed by atoms with Gasteiger partial charge < -0.3 is 38.2 Å². The monoisotopic (exact) mass is 688 g/mol. The van der Waals surface area contributed by atoms with Crippen LogP contribution in [0.25, 0.3) is 22.5 Å². The second kappa shape index (κ2) is 18.8. The summed E-state index contributed by atoms with van der Waals surface area (Å²) in [5, 5.41) is 0. The molecule has 50 heavy (non-hydrogen) atoms. The molecule has 10 nitrogen and oxygen atoms in total. The Morgan fingerprint density at radius 1 is 0.560 bits per heavy atom. The van der Waals surface area contributed by atoms with Gasteiger partial charge in [-0.3, -0.25) is 9.97 Å². The van der Waals surface area contributed by atoms with Gasteiger partial charge in [0.15, 0.2) is 23.0 Å². The first-order valence-corrected chi connectivity index (χ1v) is 16.9. The summed E-state index contributed by atoms with van der Waals surface area (Å²) in [4.78, 5) is 14.3. The van der Waals surface area contributed by atoms with Crippen LogP contribution in [-0.4, -0.2) is 76.8 Å². The van der Waals surface area contributed by atoms with Gasteiger partial charge in [0.2, 0.25) is 11.5 Å². The molecule has 0 saturated heterocycles. The van der Waals surface area contributed by atoms with Gasteiger partial charge in [0, 0.05) is 37.3 Å². The Morgan fingerprint density at radius 2 is 0.900 bits per heavy atom. The van der Waals surface area contributed by atoms with Gasteiger partial charge in [0.05, 0.1) is 75.8 Å². The van der Waals surface area contributed by atoms with Gasteiger partial charge in [-0.25, -0.2) is 0 Å². The lowest BCUT2D eigenvalue weighted by molar-refractivity contribution is 0.218. The van der Waals surface area contributed by atoms with Crippen LogP contribution in [0.15, 0.2) is 60.9 Å². The molecule has 0 aliphatic carbocycles. The summed E-state index contributed by atoms with van der Waals surface area (Å²) in [6.07, 6.45) is 4.82. The Bertz CT molecular complexity index is 1460. The number of pyridine rings is 2. The van der Waals surface area contributed by atoms with E-state index in [1.165, 1.54) is 0 Å².